The molecule has 11 heteroatoms. The summed E-state index contributed by atoms with van der Waals surface area (Å²) in [4.78, 5) is 34.8. The molecule has 300 valence electrons. The molecule has 3 N–H and O–H groups in total. The average molecular weight is 747 g/mol. The highest BCUT2D eigenvalue weighted by molar-refractivity contribution is 7.47. The third-order valence-corrected chi connectivity index (χ3v) is 9.56. The molecule has 0 aromatic rings. The quantitative estimate of drug-likeness (QED) is 0.0241. The van der Waals surface area contributed by atoms with Crippen LogP contribution in [0.3, 0.4) is 0 Å². The Morgan fingerprint density at radius 3 is 1.55 bits per heavy atom. The van der Waals surface area contributed by atoms with Gasteiger partial charge in [0.05, 0.1) is 19.8 Å². The average Bonchev–Trinajstić information content (AvgIpc) is 3.12. The number of unbranched alkanes of at least 4 members (excludes halogenated alkanes) is 20. The second kappa shape index (κ2) is 36.8. The number of carbonyl (C=O) groups is 2. The molecule has 0 saturated carbocycles. The number of phosphoric ester groups is 1. The van der Waals surface area contributed by atoms with Crippen molar-refractivity contribution in [3.63, 3.8) is 0 Å². The molecule has 51 heavy (non-hydrogen) atoms. The monoisotopic (exact) mass is 747 g/mol. The zero-order valence-corrected chi connectivity index (χ0v) is 33.2. The zero-order chi connectivity index (χ0) is 37.7. The predicted molar refractivity (Wildman–Crippen MR) is 205 cm³/mol. The van der Waals surface area contributed by atoms with Gasteiger partial charge < -0.3 is 24.6 Å². The Labute approximate surface area is 310 Å². The van der Waals surface area contributed by atoms with Crippen LogP contribution in [0.25, 0.3) is 0 Å². The summed E-state index contributed by atoms with van der Waals surface area (Å²) in [6.45, 7) is 2.33. The number of phosphoric acid groups is 1. The smallest absolute Gasteiger partial charge is 0.462 e. The minimum atomic E-state index is -4.61. The normalized spacial score (nSPS) is 14.2. The van der Waals surface area contributed by atoms with Gasteiger partial charge in [-0.2, -0.15) is 0 Å². The molecule has 0 aromatic heterocycles. The van der Waals surface area contributed by atoms with Crippen molar-refractivity contribution in [2.24, 2.45) is 0 Å². The van der Waals surface area contributed by atoms with E-state index in [2.05, 4.69) is 42.7 Å². The fourth-order valence-corrected chi connectivity index (χ4v) is 6.22. The van der Waals surface area contributed by atoms with Crippen LogP contribution in [0.5, 0.6) is 0 Å². The molecule has 0 fully saturated rings. The summed E-state index contributed by atoms with van der Waals surface area (Å²) >= 11 is 0. The van der Waals surface area contributed by atoms with E-state index >= 15 is 0 Å². The standard InChI is InChI=1S/C40H75O10P/c1-3-5-7-9-11-13-15-16-17-18-19-20-22-23-25-27-29-31-39(43)47-35-38(36-49-51(45,46)48-34-37(42)33-41)50-40(44)32-30-28-26-24-21-14-12-10-8-6-4-2/h11,13,16-17,37-38,41-42H,3-10,12,14-15,18-36H2,1-2H3,(H,45,46)/b13-11-,17-16-/t37-,38+/m0/s1. The van der Waals surface area contributed by atoms with Crippen LogP contribution >= 0.6 is 7.82 Å². The first-order chi connectivity index (χ1) is 24.7. The van der Waals surface area contributed by atoms with Gasteiger partial charge in [0, 0.05) is 12.8 Å². The molecule has 0 aliphatic heterocycles. The molecule has 3 atom stereocenters. The Kier molecular flexibility index (Phi) is 35.7. The lowest BCUT2D eigenvalue weighted by Gasteiger charge is -2.20. The summed E-state index contributed by atoms with van der Waals surface area (Å²) < 4.78 is 32.6. The van der Waals surface area contributed by atoms with Crippen LogP contribution in [-0.2, 0) is 32.7 Å². The van der Waals surface area contributed by atoms with Crippen LogP contribution in [0.4, 0.5) is 0 Å². The molecule has 1 unspecified atom stereocenters. The van der Waals surface area contributed by atoms with E-state index in [1.807, 2.05) is 0 Å². The van der Waals surface area contributed by atoms with E-state index in [1.54, 1.807) is 0 Å². The van der Waals surface area contributed by atoms with Gasteiger partial charge in [0.2, 0.25) is 0 Å². The van der Waals surface area contributed by atoms with E-state index in [1.165, 1.54) is 89.9 Å². The van der Waals surface area contributed by atoms with Crippen LogP contribution in [-0.4, -0.2) is 65.7 Å². The van der Waals surface area contributed by atoms with Crippen molar-refractivity contribution in [2.45, 2.75) is 193 Å². The summed E-state index contributed by atoms with van der Waals surface area (Å²) in [5.41, 5.74) is 0. The fraction of sp³-hybridized carbons (Fsp3) is 0.850. The Hall–Kier alpha value is -1.55. The van der Waals surface area contributed by atoms with Gasteiger partial charge in [-0.25, -0.2) is 4.57 Å². The molecule has 0 aliphatic rings. The Morgan fingerprint density at radius 1 is 0.588 bits per heavy atom. The first-order valence-corrected chi connectivity index (χ1v) is 21.8. The van der Waals surface area contributed by atoms with Crippen molar-refractivity contribution < 1.29 is 47.8 Å². The lowest BCUT2D eigenvalue weighted by atomic mass is 10.1. The van der Waals surface area contributed by atoms with Gasteiger partial charge in [-0.3, -0.25) is 18.6 Å². The second-order valence-corrected chi connectivity index (χ2v) is 15.1. The maximum absolute atomic E-state index is 12.5. The summed E-state index contributed by atoms with van der Waals surface area (Å²) in [7, 11) is -4.61. The third-order valence-electron chi connectivity index (χ3n) is 8.61. The molecule has 0 rings (SSSR count). The molecule has 0 aliphatic carbocycles. The number of ether oxygens (including phenoxy) is 2. The van der Waals surface area contributed by atoms with E-state index in [0.717, 1.165) is 51.4 Å². The number of hydrogen-bond donors (Lipinski definition) is 3. The van der Waals surface area contributed by atoms with Crippen LogP contribution in [0.15, 0.2) is 24.3 Å². The van der Waals surface area contributed by atoms with E-state index in [-0.39, 0.29) is 19.4 Å². The van der Waals surface area contributed by atoms with E-state index in [4.69, 9.17) is 19.1 Å². The van der Waals surface area contributed by atoms with E-state index in [9.17, 15) is 24.2 Å². The molecule has 10 nitrogen and oxygen atoms in total. The van der Waals surface area contributed by atoms with Gasteiger partial charge in [-0.05, 0) is 44.9 Å². The van der Waals surface area contributed by atoms with Crippen LogP contribution in [0, 0.1) is 0 Å². The first kappa shape index (κ1) is 49.5. The van der Waals surface area contributed by atoms with Gasteiger partial charge in [0.25, 0.3) is 0 Å². The van der Waals surface area contributed by atoms with Crippen molar-refractivity contribution in [3.8, 4) is 0 Å². The number of aliphatic hydroxyl groups is 2. The van der Waals surface area contributed by atoms with Gasteiger partial charge in [-0.15, -0.1) is 0 Å². The molecule has 0 spiro atoms. The Morgan fingerprint density at radius 2 is 1.02 bits per heavy atom. The summed E-state index contributed by atoms with van der Waals surface area (Å²) in [5.74, 6) is -0.931. The predicted octanol–water partition coefficient (Wildman–Crippen LogP) is 10.2. The topological polar surface area (TPSA) is 149 Å². The highest BCUT2D eigenvalue weighted by Gasteiger charge is 2.27. The Balaban J connectivity index is 4.30. The maximum atomic E-state index is 12.5. The number of rotatable bonds is 38. The van der Waals surface area contributed by atoms with E-state index in [0.29, 0.717) is 12.8 Å². The van der Waals surface area contributed by atoms with Crippen molar-refractivity contribution in [1.82, 2.24) is 0 Å². The molecule has 0 heterocycles. The minimum absolute atomic E-state index is 0.186. The van der Waals surface area contributed by atoms with Gasteiger partial charge in [-0.1, -0.05) is 147 Å². The van der Waals surface area contributed by atoms with Crippen LogP contribution < -0.4 is 0 Å². The van der Waals surface area contributed by atoms with Crippen molar-refractivity contribution >= 4 is 19.8 Å². The number of hydrogen-bond acceptors (Lipinski definition) is 9. The molecule has 0 aromatic carbocycles. The van der Waals surface area contributed by atoms with Crippen molar-refractivity contribution in [3.05, 3.63) is 24.3 Å². The highest BCUT2D eigenvalue weighted by atomic mass is 31.2. The molecule has 0 bridgehead atoms. The highest BCUT2D eigenvalue weighted by Crippen LogP contribution is 2.43. The molecular weight excluding hydrogens is 671 g/mol. The molecule has 0 radical (unpaired) electrons. The SMILES string of the molecule is CCCCC/C=C\C/C=C\CCCCCCCCCC(=O)OC[C@H](COP(=O)(O)OC[C@@H](O)CO)OC(=O)CCCCCCCCCCCCC. The number of aliphatic hydroxyl groups excluding tert-OH is 2. The molecule has 0 saturated heterocycles. The molecular formula is C40H75O10P. The third kappa shape index (κ3) is 36.6. The van der Waals surface area contributed by atoms with Crippen LogP contribution in [0.1, 0.15) is 181 Å². The van der Waals surface area contributed by atoms with Crippen molar-refractivity contribution in [1.29, 1.82) is 0 Å². The molecule has 0 amide bonds. The number of esters is 2. The fourth-order valence-electron chi connectivity index (χ4n) is 5.43. The summed E-state index contributed by atoms with van der Waals surface area (Å²) in [6.07, 6.45) is 34.3. The summed E-state index contributed by atoms with van der Waals surface area (Å²) in [6, 6.07) is 0. The largest absolute Gasteiger partial charge is 0.472 e. The lowest BCUT2D eigenvalue weighted by molar-refractivity contribution is -0.161. The van der Waals surface area contributed by atoms with Crippen molar-refractivity contribution in [2.75, 3.05) is 26.4 Å². The van der Waals surface area contributed by atoms with E-state index < -0.39 is 51.8 Å². The van der Waals surface area contributed by atoms with Crippen LogP contribution in [0.2, 0.25) is 0 Å². The number of allylic oxidation sites excluding steroid dienone is 4. The summed E-state index contributed by atoms with van der Waals surface area (Å²) in [5, 5.41) is 18.3. The van der Waals surface area contributed by atoms with Gasteiger partial charge in [0.15, 0.2) is 6.10 Å². The number of carbonyl (C=O) groups excluding carboxylic acids is 2. The maximum Gasteiger partial charge on any atom is 0.472 e. The zero-order valence-electron chi connectivity index (χ0n) is 32.3. The lowest BCUT2D eigenvalue weighted by Crippen LogP contribution is -2.29. The van der Waals surface area contributed by atoms with Gasteiger partial charge >= 0.3 is 19.8 Å². The first-order valence-electron chi connectivity index (χ1n) is 20.3. The second-order valence-electron chi connectivity index (χ2n) is 13.7. The Bertz CT molecular complexity index is 910. The minimum Gasteiger partial charge on any atom is -0.462 e. The van der Waals surface area contributed by atoms with Gasteiger partial charge in [0.1, 0.15) is 12.7 Å².